The Hall–Kier alpha value is -2.49. The number of imide groups is 1. The number of halogens is 1. The van der Waals surface area contributed by atoms with Gasteiger partial charge in [0.25, 0.3) is 0 Å². The van der Waals surface area contributed by atoms with Crippen LogP contribution in [-0.2, 0) is 29.5 Å². The number of nitrogens with two attached hydrogens (primary N) is 1. The van der Waals surface area contributed by atoms with Gasteiger partial charge in [-0.05, 0) is 24.6 Å². The highest BCUT2D eigenvalue weighted by Crippen LogP contribution is 2.53. The predicted molar refractivity (Wildman–Crippen MR) is 103 cm³/mol. The van der Waals surface area contributed by atoms with Crippen LogP contribution in [-0.4, -0.2) is 54.8 Å². The van der Waals surface area contributed by atoms with Crippen molar-refractivity contribution in [3.63, 3.8) is 0 Å². The first kappa shape index (κ1) is 19.8. The zero-order chi connectivity index (χ0) is 20.9. The average molecular weight is 421 g/mol. The average Bonchev–Trinajstić information content (AvgIpc) is 3.24. The molecule has 4 rings (SSSR count). The van der Waals surface area contributed by atoms with Crippen molar-refractivity contribution in [2.24, 2.45) is 17.6 Å². The minimum absolute atomic E-state index is 0.0283. The smallest absolute Gasteiger partial charge is 0.250 e. The number of primary amides is 1. The molecule has 4 atom stereocenters. The maximum absolute atomic E-state index is 13.3. The van der Waals surface area contributed by atoms with Crippen LogP contribution in [0.25, 0.3) is 0 Å². The third-order valence-electron chi connectivity index (χ3n) is 5.99. The molecule has 29 heavy (non-hydrogen) atoms. The van der Waals surface area contributed by atoms with Gasteiger partial charge in [0.1, 0.15) is 5.54 Å². The number of likely N-dealkylation sites (tertiary alicyclic amines) is 1. The summed E-state index contributed by atoms with van der Waals surface area (Å²) in [6.45, 7) is 0.293. The monoisotopic (exact) mass is 420 g/mol. The molecule has 3 aliphatic heterocycles. The molecule has 154 valence electrons. The third-order valence-corrected chi connectivity index (χ3v) is 6.22. The van der Waals surface area contributed by atoms with Crippen molar-refractivity contribution in [1.29, 1.82) is 0 Å². The molecule has 0 unspecified atom stereocenters. The van der Waals surface area contributed by atoms with Gasteiger partial charge in [0.2, 0.25) is 23.6 Å². The number of nitrogens with one attached hydrogen (secondary N) is 2. The van der Waals surface area contributed by atoms with Crippen molar-refractivity contribution in [1.82, 2.24) is 10.2 Å². The first-order valence-electron chi connectivity index (χ1n) is 9.33. The van der Waals surface area contributed by atoms with Crippen LogP contribution in [0.5, 0.6) is 0 Å². The Bertz CT molecular complexity index is 922. The van der Waals surface area contributed by atoms with Gasteiger partial charge >= 0.3 is 0 Å². The highest BCUT2D eigenvalue weighted by atomic mass is 35.5. The molecule has 0 bridgehead atoms. The number of benzene rings is 1. The number of carbonyl (C=O) groups excluding carboxylic acids is 4. The van der Waals surface area contributed by atoms with Crippen molar-refractivity contribution >= 4 is 40.9 Å². The van der Waals surface area contributed by atoms with Crippen LogP contribution in [0.15, 0.2) is 18.2 Å². The molecule has 0 aromatic heterocycles. The predicted octanol–water partition coefficient (Wildman–Crippen LogP) is -0.0277. The van der Waals surface area contributed by atoms with E-state index in [9.17, 15) is 19.2 Å². The van der Waals surface area contributed by atoms with Gasteiger partial charge in [0.15, 0.2) is 0 Å². The number of fused-ring (bicyclic) bond motifs is 4. The lowest BCUT2D eigenvalue weighted by molar-refractivity contribution is -0.143. The highest BCUT2D eigenvalue weighted by molar-refractivity contribution is 6.31. The van der Waals surface area contributed by atoms with Crippen LogP contribution >= 0.6 is 11.6 Å². The van der Waals surface area contributed by atoms with Gasteiger partial charge in [-0.3, -0.25) is 29.4 Å². The summed E-state index contributed by atoms with van der Waals surface area (Å²) in [5.41, 5.74) is 4.93. The van der Waals surface area contributed by atoms with Crippen molar-refractivity contribution in [2.45, 2.75) is 24.4 Å². The topological polar surface area (TPSA) is 131 Å². The van der Waals surface area contributed by atoms with Crippen LogP contribution in [0.3, 0.4) is 0 Å². The standard InChI is InChI=1S/C19H21ClN4O5/c1-29-7-6-24-16(26)14-12(4-5-13(21)25)23-19(15(14)17(24)27)10-8-9(20)2-3-11(10)22-18(19)28/h2-3,8,12,14-15,23H,4-7H2,1H3,(H2,21,25)(H,22,28)/t12-,14+,15-,19-/m0/s1. The van der Waals surface area contributed by atoms with Gasteiger partial charge in [-0.2, -0.15) is 0 Å². The summed E-state index contributed by atoms with van der Waals surface area (Å²) in [7, 11) is 1.48. The Morgan fingerprint density at radius 1 is 1.31 bits per heavy atom. The fourth-order valence-electron chi connectivity index (χ4n) is 4.78. The number of methoxy groups -OCH3 is 1. The molecule has 0 aliphatic carbocycles. The molecule has 2 saturated heterocycles. The zero-order valence-corrected chi connectivity index (χ0v) is 16.5. The summed E-state index contributed by atoms with van der Waals surface area (Å²) >= 11 is 6.17. The lowest BCUT2D eigenvalue weighted by Crippen LogP contribution is -2.53. The van der Waals surface area contributed by atoms with Crippen LogP contribution in [0.2, 0.25) is 5.02 Å². The second-order valence-corrected chi connectivity index (χ2v) is 7.97. The van der Waals surface area contributed by atoms with Crippen LogP contribution in [0, 0.1) is 11.8 Å². The van der Waals surface area contributed by atoms with E-state index >= 15 is 0 Å². The van der Waals surface area contributed by atoms with E-state index in [0.717, 1.165) is 4.90 Å². The molecule has 9 nitrogen and oxygen atoms in total. The summed E-state index contributed by atoms with van der Waals surface area (Å²) in [5.74, 6) is -3.47. The number of ether oxygens (including phenoxy) is 1. The number of hydrogen-bond acceptors (Lipinski definition) is 6. The SMILES string of the molecule is COCCN1C(=O)[C@@H]2[C@H](CCC(N)=O)N[C@]3(C(=O)Nc4ccc(Cl)cc43)[C@@H]2C1=O. The van der Waals surface area contributed by atoms with E-state index in [0.29, 0.717) is 16.3 Å². The third kappa shape index (κ3) is 2.84. The largest absolute Gasteiger partial charge is 0.383 e. The molecule has 2 fully saturated rings. The Kier molecular flexibility index (Phi) is 4.84. The van der Waals surface area contributed by atoms with E-state index < -0.39 is 41.1 Å². The van der Waals surface area contributed by atoms with Gasteiger partial charge in [0, 0.05) is 35.8 Å². The van der Waals surface area contributed by atoms with Gasteiger partial charge in [-0.15, -0.1) is 0 Å². The van der Waals surface area contributed by atoms with Crippen molar-refractivity contribution in [3.05, 3.63) is 28.8 Å². The molecule has 1 spiro atoms. The summed E-state index contributed by atoms with van der Waals surface area (Å²) < 4.78 is 5.02. The van der Waals surface area contributed by atoms with E-state index in [1.807, 2.05) is 0 Å². The molecule has 4 N–H and O–H groups in total. The number of amides is 4. The number of carbonyl (C=O) groups is 4. The van der Waals surface area contributed by atoms with Crippen LogP contribution < -0.4 is 16.4 Å². The van der Waals surface area contributed by atoms with E-state index in [1.165, 1.54) is 7.11 Å². The minimum atomic E-state index is -1.43. The maximum Gasteiger partial charge on any atom is 0.250 e. The van der Waals surface area contributed by atoms with Crippen molar-refractivity contribution in [2.75, 3.05) is 25.6 Å². The van der Waals surface area contributed by atoms with Gasteiger partial charge < -0.3 is 15.8 Å². The molecule has 1 aromatic rings. The lowest BCUT2D eigenvalue weighted by atomic mass is 9.76. The fraction of sp³-hybridized carbons (Fsp3) is 0.474. The Balaban J connectivity index is 1.81. The maximum atomic E-state index is 13.3. The summed E-state index contributed by atoms with van der Waals surface area (Å²) in [6.07, 6.45) is 0.263. The Morgan fingerprint density at radius 2 is 2.07 bits per heavy atom. The van der Waals surface area contributed by atoms with Crippen molar-refractivity contribution in [3.8, 4) is 0 Å². The molecule has 1 aromatic carbocycles. The second kappa shape index (κ2) is 7.08. The quantitative estimate of drug-likeness (QED) is 0.554. The van der Waals surface area contributed by atoms with Gasteiger partial charge in [0.05, 0.1) is 25.0 Å². The Morgan fingerprint density at radius 3 is 2.76 bits per heavy atom. The second-order valence-electron chi connectivity index (χ2n) is 7.53. The molecule has 0 saturated carbocycles. The van der Waals surface area contributed by atoms with Crippen LogP contribution in [0.4, 0.5) is 5.69 Å². The van der Waals surface area contributed by atoms with Crippen molar-refractivity contribution < 1.29 is 23.9 Å². The van der Waals surface area contributed by atoms with Gasteiger partial charge in [-0.25, -0.2) is 0 Å². The van der Waals surface area contributed by atoms with E-state index in [2.05, 4.69) is 10.6 Å². The molecular weight excluding hydrogens is 400 g/mol. The number of hydrogen-bond donors (Lipinski definition) is 3. The Labute approximate surface area is 171 Å². The molecule has 3 aliphatic rings. The zero-order valence-electron chi connectivity index (χ0n) is 15.7. The van der Waals surface area contributed by atoms with Gasteiger partial charge in [-0.1, -0.05) is 11.6 Å². The normalized spacial score (nSPS) is 30.1. The molecule has 4 amide bonds. The van der Waals surface area contributed by atoms with Crippen LogP contribution in [0.1, 0.15) is 18.4 Å². The molecule has 10 heteroatoms. The first-order valence-corrected chi connectivity index (χ1v) is 9.70. The molecule has 0 radical (unpaired) electrons. The number of nitrogens with zero attached hydrogens (tertiary/aromatic N) is 1. The fourth-order valence-corrected chi connectivity index (χ4v) is 4.96. The van der Waals surface area contributed by atoms with E-state index in [4.69, 9.17) is 22.1 Å². The number of anilines is 1. The minimum Gasteiger partial charge on any atom is -0.383 e. The number of rotatable bonds is 6. The lowest BCUT2D eigenvalue weighted by Gasteiger charge is -2.29. The summed E-state index contributed by atoms with van der Waals surface area (Å²) in [4.78, 5) is 52.0. The van der Waals surface area contributed by atoms with E-state index in [-0.39, 0.29) is 31.9 Å². The highest BCUT2D eigenvalue weighted by Gasteiger charge is 2.70. The molecular formula is C19H21ClN4O5. The first-order chi connectivity index (χ1) is 13.8. The van der Waals surface area contributed by atoms with E-state index in [1.54, 1.807) is 18.2 Å². The molecule has 3 heterocycles. The summed E-state index contributed by atoms with van der Waals surface area (Å²) in [5, 5.41) is 6.42. The summed E-state index contributed by atoms with van der Waals surface area (Å²) in [6, 6.07) is 4.38.